The third-order valence-electron chi connectivity index (χ3n) is 2.22. The summed E-state index contributed by atoms with van der Waals surface area (Å²) in [5, 5.41) is 3.90. The van der Waals surface area contributed by atoms with E-state index >= 15 is 0 Å². The number of thiophene rings is 1. The van der Waals surface area contributed by atoms with Crippen molar-refractivity contribution in [3.8, 4) is 10.4 Å². The van der Waals surface area contributed by atoms with Crippen LogP contribution in [0.25, 0.3) is 10.4 Å². The minimum Gasteiger partial charge on any atom is -0.315 e. The molecule has 1 heterocycles. The van der Waals surface area contributed by atoms with E-state index in [1.807, 2.05) is 19.2 Å². The number of halogens is 2. The number of rotatable bonds is 3. The van der Waals surface area contributed by atoms with E-state index in [1.54, 1.807) is 11.3 Å². The lowest BCUT2D eigenvalue weighted by molar-refractivity contribution is 0.831. The largest absolute Gasteiger partial charge is 0.315 e. The lowest BCUT2D eigenvalue weighted by Gasteiger charge is -2.00. The summed E-state index contributed by atoms with van der Waals surface area (Å²) >= 11 is 11.2. The van der Waals surface area contributed by atoms with Gasteiger partial charge in [-0.2, -0.15) is 0 Å². The van der Waals surface area contributed by atoms with Crippen molar-refractivity contribution in [2.45, 2.75) is 6.54 Å². The van der Waals surface area contributed by atoms with Crippen molar-refractivity contribution in [3.63, 3.8) is 0 Å². The third-order valence-corrected chi connectivity index (χ3v) is 4.57. The fourth-order valence-corrected chi connectivity index (χ4v) is 2.96. The van der Waals surface area contributed by atoms with Gasteiger partial charge in [0, 0.05) is 20.8 Å². The predicted molar refractivity (Wildman–Crippen MR) is 75.2 cm³/mol. The molecule has 84 valence electrons. The summed E-state index contributed by atoms with van der Waals surface area (Å²) in [6.45, 7) is 0.916. The van der Waals surface area contributed by atoms with Crippen LogP contribution in [0.4, 0.5) is 0 Å². The van der Waals surface area contributed by atoms with Crippen LogP contribution in [-0.2, 0) is 6.54 Å². The second-order valence-corrected chi connectivity index (χ2v) is 5.86. The van der Waals surface area contributed by atoms with E-state index in [0.29, 0.717) is 0 Å². The fraction of sp³-hybridized carbons (Fsp3) is 0.167. The van der Waals surface area contributed by atoms with Crippen LogP contribution in [-0.4, -0.2) is 7.05 Å². The molecule has 2 aromatic rings. The molecule has 1 aromatic heterocycles. The van der Waals surface area contributed by atoms with Crippen LogP contribution < -0.4 is 5.32 Å². The van der Waals surface area contributed by atoms with Crippen LogP contribution in [0.2, 0.25) is 5.02 Å². The van der Waals surface area contributed by atoms with Gasteiger partial charge in [0.15, 0.2) is 0 Å². The van der Waals surface area contributed by atoms with Crippen molar-refractivity contribution in [3.05, 3.63) is 44.7 Å². The van der Waals surface area contributed by atoms with Gasteiger partial charge in [-0.3, -0.25) is 0 Å². The Hall–Kier alpha value is -0.350. The van der Waals surface area contributed by atoms with Gasteiger partial charge in [-0.25, -0.2) is 0 Å². The van der Waals surface area contributed by atoms with Crippen molar-refractivity contribution in [2.24, 2.45) is 0 Å². The number of hydrogen-bond donors (Lipinski definition) is 1. The Labute approximate surface area is 113 Å². The molecule has 0 bridgehead atoms. The number of nitrogens with one attached hydrogen (secondary N) is 1. The zero-order valence-electron chi connectivity index (χ0n) is 8.76. The van der Waals surface area contributed by atoms with E-state index in [9.17, 15) is 0 Å². The molecule has 4 heteroatoms. The molecule has 0 saturated heterocycles. The van der Waals surface area contributed by atoms with Crippen LogP contribution >= 0.6 is 38.9 Å². The minimum atomic E-state index is 0.746. The van der Waals surface area contributed by atoms with Crippen molar-refractivity contribution >= 4 is 38.9 Å². The summed E-state index contributed by atoms with van der Waals surface area (Å²) < 4.78 is 0.940. The summed E-state index contributed by atoms with van der Waals surface area (Å²) in [6.07, 6.45) is 0. The first kappa shape index (κ1) is 12.1. The zero-order chi connectivity index (χ0) is 11.5. The van der Waals surface area contributed by atoms with E-state index in [4.69, 9.17) is 11.6 Å². The normalized spacial score (nSPS) is 10.7. The van der Waals surface area contributed by atoms with Crippen LogP contribution in [0.5, 0.6) is 0 Å². The number of benzene rings is 1. The van der Waals surface area contributed by atoms with Gasteiger partial charge in [0.2, 0.25) is 0 Å². The highest BCUT2D eigenvalue weighted by Crippen LogP contribution is 2.32. The van der Waals surface area contributed by atoms with E-state index in [1.165, 1.54) is 15.3 Å². The first-order chi connectivity index (χ1) is 7.70. The molecule has 0 fully saturated rings. The Bertz CT molecular complexity index is 496. The molecule has 0 radical (unpaired) electrons. The molecule has 16 heavy (non-hydrogen) atoms. The molecule has 0 unspecified atom stereocenters. The van der Waals surface area contributed by atoms with Crippen molar-refractivity contribution < 1.29 is 0 Å². The molecule has 2 rings (SSSR count). The van der Waals surface area contributed by atoms with Gasteiger partial charge in [-0.05, 0) is 52.8 Å². The van der Waals surface area contributed by atoms with Crippen LogP contribution in [0, 0.1) is 0 Å². The first-order valence-electron chi connectivity index (χ1n) is 4.89. The maximum absolute atomic E-state index is 5.97. The Balaban J connectivity index is 2.31. The highest BCUT2D eigenvalue weighted by molar-refractivity contribution is 9.10. The van der Waals surface area contributed by atoms with Crippen molar-refractivity contribution in [1.82, 2.24) is 5.32 Å². The lowest BCUT2D eigenvalue weighted by atomic mass is 10.2. The molecule has 1 N–H and O–H groups in total. The number of hydrogen-bond acceptors (Lipinski definition) is 2. The summed E-state index contributed by atoms with van der Waals surface area (Å²) in [5.41, 5.74) is 1.20. The second kappa shape index (κ2) is 5.32. The summed E-state index contributed by atoms with van der Waals surface area (Å²) in [4.78, 5) is 2.60. The molecule has 0 amide bonds. The summed E-state index contributed by atoms with van der Waals surface area (Å²) in [6, 6.07) is 10.3. The highest BCUT2D eigenvalue weighted by atomic mass is 79.9. The molecule has 0 aliphatic rings. The average Bonchev–Trinajstić information content (AvgIpc) is 2.71. The Morgan fingerprint density at radius 1 is 1.31 bits per heavy atom. The monoisotopic (exact) mass is 315 g/mol. The summed E-state index contributed by atoms with van der Waals surface area (Å²) in [5.74, 6) is 0. The van der Waals surface area contributed by atoms with Gasteiger partial charge >= 0.3 is 0 Å². The SMILES string of the molecule is CNCc1ccc(-c2ccc(Cl)c(Br)c2)s1. The van der Waals surface area contributed by atoms with Gasteiger partial charge in [0.25, 0.3) is 0 Å². The Kier molecular flexibility index (Phi) is 4.03. The highest BCUT2D eigenvalue weighted by Gasteiger charge is 2.04. The van der Waals surface area contributed by atoms with Crippen molar-refractivity contribution in [2.75, 3.05) is 7.05 Å². The van der Waals surface area contributed by atoms with Gasteiger partial charge in [-0.15, -0.1) is 11.3 Å². The molecule has 0 aliphatic carbocycles. The van der Waals surface area contributed by atoms with E-state index in [0.717, 1.165) is 16.0 Å². The van der Waals surface area contributed by atoms with E-state index in [2.05, 4.69) is 39.4 Å². The third kappa shape index (κ3) is 2.66. The van der Waals surface area contributed by atoms with E-state index in [-0.39, 0.29) is 0 Å². The first-order valence-corrected chi connectivity index (χ1v) is 6.88. The van der Waals surface area contributed by atoms with Gasteiger partial charge < -0.3 is 5.32 Å². The average molecular weight is 317 g/mol. The molecule has 0 aliphatic heterocycles. The molecular formula is C12H11BrClNS. The zero-order valence-corrected chi connectivity index (χ0v) is 11.9. The smallest absolute Gasteiger partial charge is 0.0548 e. The predicted octanol–water partition coefficient (Wildman–Crippen LogP) is 4.55. The molecule has 1 nitrogen and oxygen atoms in total. The fourth-order valence-electron chi connectivity index (χ4n) is 1.45. The Morgan fingerprint density at radius 2 is 2.12 bits per heavy atom. The van der Waals surface area contributed by atoms with Crippen LogP contribution in [0.15, 0.2) is 34.8 Å². The lowest BCUT2D eigenvalue weighted by Crippen LogP contribution is -2.02. The van der Waals surface area contributed by atoms with Crippen LogP contribution in [0.1, 0.15) is 4.88 Å². The second-order valence-electron chi connectivity index (χ2n) is 3.43. The van der Waals surface area contributed by atoms with Gasteiger partial charge in [0.05, 0.1) is 5.02 Å². The minimum absolute atomic E-state index is 0.746. The Morgan fingerprint density at radius 3 is 2.81 bits per heavy atom. The maximum Gasteiger partial charge on any atom is 0.0548 e. The van der Waals surface area contributed by atoms with E-state index < -0.39 is 0 Å². The molecule has 0 saturated carbocycles. The van der Waals surface area contributed by atoms with Crippen LogP contribution in [0.3, 0.4) is 0 Å². The molecule has 1 aromatic carbocycles. The van der Waals surface area contributed by atoms with Gasteiger partial charge in [0.1, 0.15) is 0 Å². The quantitative estimate of drug-likeness (QED) is 0.876. The molecular weight excluding hydrogens is 306 g/mol. The van der Waals surface area contributed by atoms with Crippen molar-refractivity contribution in [1.29, 1.82) is 0 Å². The standard InChI is InChI=1S/C12H11BrClNS/c1-15-7-9-3-5-12(16-9)8-2-4-11(14)10(13)6-8/h2-6,15H,7H2,1H3. The molecule has 0 atom stereocenters. The maximum atomic E-state index is 5.97. The summed E-state index contributed by atoms with van der Waals surface area (Å²) in [7, 11) is 1.96. The molecule has 0 spiro atoms. The van der Waals surface area contributed by atoms with Gasteiger partial charge in [-0.1, -0.05) is 17.7 Å². The topological polar surface area (TPSA) is 12.0 Å².